The first-order valence-corrected chi connectivity index (χ1v) is 14.5. The maximum atomic E-state index is 13.9. The van der Waals surface area contributed by atoms with Crippen molar-refractivity contribution in [1.29, 1.82) is 0 Å². The number of methoxy groups -OCH3 is 1. The molecule has 0 bridgehead atoms. The highest BCUT2D eigenvalue weighted by atomic mass is 35.5. The van der Waals surface area contributed by atoms with Crippen LogP contribution in [-0.2, 0) is 25.7 Å². The fraction of sp³-hybridized carbons (Fsp3) is 0.333. The number of thiazole rings is 1. The standard InChI is InChI=1S/C27H24ClN3O6S2/c1-36-18-8-2-15(3-9-18)20-21-22(25(34)31(24(21)33)17-6-4-16(28)5-7-17)38-26-23(20)39-27(35)30(26)14-19(32)29-10-12-37-13-11-29/h2-9,20-22H,10-14H2,1H3/t20-,21?,22?/m0/s1. The van der Waals surface area contributed by atoms with Crippen LogP contribution in [0.5, 0.6) is 5.75 Å². The monoisotopic (exact) mass is 585 g/mol. The molecule has 3 aromatic rings. The quantitative estimate of drug-likeness (QED) is 0.424. The summed E-state index contributed by atoms with van der Waals surface area (Å²) < 4.78 is 12.1. The van der Waals surface area contributed by atoms with Crippen molar-refractivity contribution in [2.24, 2.45) is 5.92 Å². The number of anilines is 1. The van der Waals surface area contributed by atoms with E-state index in [1.54, 1.807) is 48.4 Å². The number of ether oxygens (including phenoxy) is 2. The molecular formula is C27H24ClN3O6S2. The van der Waals surface area contributed by atoms with E-state index in [0.29, 0.717) is 52.7 Å². The van der Waals surface area contributed by atoms with E-state index in [9.17, 15) is 19.2 Å². The number of fused-ring (bicyclic) bond motifs is 2. The molecule has 4 heterocycles. The van der Waals surface area contributed by atoms with Crippen LogP contribution in [0.15, 0.2) is 58.4 Å². The topological polar surface area (TPSA) is 98.2 Å². The molecule has 3 atom stereocenters. The normalized spacial score (nSPS) is 22.6. The van der Waals surface area contributed by atoms with Gasteiger partial charge in [-0.3, -0.25) is 23.7 Å². The summed E-state index contributed by atoms with van der Waals surface area (Å²) in [5.41, 5.74) is 1.24. The molecular weight excluding hydrogens is 562 g/mol. The summed E-state index contributed by atoms with van der Waals surface area (Å²) in [4.78, 5) is 57.3. The molecule has 2 saturated heterocycles. The zero-order valence-electron chi connectivity index (χ0n) is 20.9. The summed E-state index contributed by atoms with van der Waals surface area (Å²) in [7, 11) is 1.57. The van der Waals surface area contributed by atoms with Crippen molar-refractivity contribution in [1.82, 2.24) is 9.47 Å². The molecule has 39 heavy (non-hydrogen) atoms. The van der Waals surface area contributed by atoms with Gasteiger partial charge in [0.2, 0.25) is 17.7 Å². The van der Waals surface area contributed by atoms with E-state index in [1.165, 1.54) is 21.2 Å². The van der Waals surface area contributed by atoms with Crippen LogP contribution >= 0.6 is 34.7 Å². The van der Waals surface area contributed by atoms with E-state index >= 15 is 0 Å². The third kappa shape index (κ3) is 4.57. The number of thioether (sulfide) groups is 1. The predicted molar refractivity (Wildman–Crippen MR) is 148 cm³/mol. The SMILES string of the molecule is COc1ccc([C@@H]2c3sc(=O)n(CC(=O)N4CCOCC4)c3SC3C(=O)N(c4ccc(Cl)cc4)C(=O)C32)cc1. The largest absolute Gasteiger partial charge is 0.497 e. The Morgan fingerprint density at radius 2 is 1.72 bits per heavy atom. The van der Waals surface area contributed by atoms with Crippen molar-refractivity contribution in [2.75, 3.05) is 38.3 Å². The highest BCUT2D eigenvalue weighted by Gasteiger charge is 2.56. The summed E-state index contributed by atoms with van der Waals surface area (Å²) in [5, 5.41) is 0.302. The van der Waals surface area contributed by atoms with E-state index in [4.69, 9.17) is 21.1 Å². The third-order valence-electron chi connectivity index (χ3n) is 7.27. The van der Waals surface area contributed by atoms with Crippen LogP contribution < -0.4 is 14.5 Å². The summed E-state index contributed by atoms with van der Waals surface area (Å²) in [6.45, 7) is 1.72. The van der Waals surface area contributed by atoms with Crippen LogP contribution in [-0.4, -0.2) is 65.9 Å². The average molecular weight is 586 g/mol. The molecule has 0 aliphatic carbocycles. The van der Waals surface area contributed by atoms with Crippen LogP contribution in [0.3, 0.4) is 0 Å². The van der Waals surface area contributed by atoms with Gasteiger partial charge in [0.15, 0.2) is 0 Å². The number of rotatable bonds is 5. The van der Waals surface area contributed by atoms with Crippen molar-refractivity contribution < 1.29 is 23.9 Å². The Kier molecular flexibility index (Phi) is 7.00. The predicted octanol–water partition coefficient (Wildman–Crippen LogP) is 3.23. The number of benzene rings is 2. The summed E-state index contributed by atoms with van der Waals surface area (Å²) in [6, 6.07) is 13.9. The maximum absolute atomic E-state index is 13.9. The molecule has 3 aliphatic heterocycles. The van der Waals surface area contributed by atoms with Crippen LogP contribution in [0.2, 0.25) is 5.02 Å². The molecule has 6 rings (SSSR count). The first-order valence-electron chi connectivity index (χ1n) is 12.4. The van der Waals surface area contributed by atoms with Crippen molar-refractivity contribution in [3.8, 4) is 5.75 Å². The molecule has 3 amide bonds. The van der Waals surface area contributed by atoms with Gasteiger partial charge in [-0.15, -0.1) is 0 Å². The second-order valence-electron chi connectivity index (χ2n) is 9.42. The molecule has 2 fully saturated rings. The number of morpholine rings is 1. The molecule has 2 aromatic carbocycles. The maximum Gasteiger partial charge on any atom is 0.308 e. The van der Waals surface area contributed by atoms with Crippen molar-refractivity contribution in [2.45, 2.75) is 22.7 Å². The Balaban J connectivity index is 1.43. The molecule has 0 radical (unpaired) electrons. The van der Waals surface area contributed by atoms with Gasteiger partial charge in [-0.25, -0.2) is 4.90 Å². The number of halogens is 1. The van der Waals surface area contributed by atoms with Gasteiger partial charge in [0.05, 0.1) is 37.0 Å². The van der Waals surface area contributed by atoms with E-state index in [-0.39, 0.29) is 29.1 Å². The first kappa shape index (κ1) is 26.1. The van der Waals surface area contributed by atoms with Gasteiger partial charge in [0, 0.05) is 28.9 Å². The Morgan fingerprint density at radius 3 is 2.38 bits per heavy atom. The molecule has 3 aliphatic rings. The molecule has 1 aromatic heterocycles. The number of hydrogen-bond acceptors (Lipinski definition) is 8. The Hall–Kier alpha value is -3.12. The second kappa shape index (κ2) is 10.5. The molecule has 202 valence electrons. The van der Waals surface area contributed by atoms with Crippen LogP contribution in [0.4, 0.5) is 5.69 Å². The first-order chi connectivity index (χ1) is 18.9. The van der Waals surface area contributed by atoms with Gasteiger partial charge < -0.3 is 14.4 Å². The molecule has 9 nitrogen and oxygen atoms in total. The minimum atomic E-state index is -0.758. The zero-order valence-corrected chi connectivity index (χ0v) is 23.3. The lowest BCUT2D eigenvalue weighted by Crippen LogP contribution is -2.43. The average Bonchev–Trinajstić information content (AvgIpc) is 3.40. The molecule has 0 saturated carbocycles. The van der Waals surface area contributed by atoms with E-state index in [2.05, 4.69) is 0 Å². The number of carbonyl (C=O) groups is 3. The van der Waals surface area contributed by atoms with Crippen LogP contribution in [0.1, 0.15) is 16.4 Å². The third-order valence-corrected chi connectivity index (χ3v) is 10.1. The minimum Gasteiger partial charge on any atom is -0.497 e. The van der Waals surface area contributed by atoms with Gasteiger partial charge in [-0.05, 0) is 42.0 Å². The Morgan fingerprint density at radius 1 is 1.03 bits per heavy atom. The van der Waals surface area contributed by atoms with Gasteiger partial charge in [-0.2, -0.15) is 0 Å². The Bertz CT molecular complexity index is 1500. The highest BCUT2D eigenvalue weighted by molar-refractivity contribution is 8.00. The molecule has 0 N–H and O–H groups in total. The summed E-state index contributed by atoms with van der Waals surface area (Å²) in [6.07, 6.45) is 0. The van der Waals surface area contributed by atoms with Gasteiger partial charge in [0.1, 0.15) is 17.5 Å². The Labute approximate surface area is 237 Å². The van der Waals surface area contributed by atoms with Gasteiger partial charge >= 0.3 is 4.87 Å². The number of aromatic nitrogens is 1. The van der Waals surface area contributed by atoms with Crippen LogP contribution in [0, 0.1) is 5.92 Å². The fourth-order valence-corrected chi connectivity index (χ4v) is 8.22. The van der Waals surface area contributed by atoms with Crippen molar-refractivity contribution in [3.05, 3.63) is 73.7 Å². The second-order valence-corrected chi connectivity index (χ2v) is 12.0. The lowest BCUT2D eigenvalue weighted by molar-refractivity contribution is -0.136. The highest BCUT2D eigenvalue weighted by Crippen LogP contribution is 2.54. The molecule has 12 heteroatoms. The number of nitrogens with zero attached hydrogens (tertiary/aromatic N) is 3. The van der Waals surface area contributed by atoms with Crippen LogP contribution in [0.25, 0.3) is 0 Å². The number of imide groups is 1. The number of hydrogen-bond donors (Lipinski definition) is 0. The van der Waals surface area contributed by atoms with E-state index < -0.39 is 17.1 Å². The zero-order chi connectivity index (χ0) is 27.3. The van der Waals surface area contributed by atoms with Gasteiger partial charge in [-0.1, -0.05) is 46.8 Å². The number of carbonyl (C=O) groups excluding carboxylic acids is 3. The lowest BCUT2D eigenvalue weighted by Gasteiger charge is -2.31. The molecule has 2 unspecified atom stereocenters. The van der Waals surface area contributed by atoms with Crippen molar-refractivity contribution >= 4 is 58.1 Å². The summed E-state index contributed by atoms with van der Waals surface area (Å²) in [5.74, 6) is -1.47. The smallest absolute Gasteiger partial charge is 0.308 e. The van der Waals surface area contributed by atoms with Gasteiger partial charge in [0.25, 0.3) is 0 Å². The van der Waals surface area contributed by atoms with Crippen molar-refractivity contribution in [3.63, 3.8) is 0 Å². The van der Waals surface area contributed by atoms with E-state index in [0.717, 1.165) is 16.9 Å². The lowest BCUT2D eigenvalue weighted by atomic mass is 9.83. The summed E-state index contributed by atoms with van der Waals surface area (Å²) >= 11 is 8.27. The molecule has 0 spiro atoms. The number of amides is 3. The fourth-order valence-electron chi connectivity index (χ4n) is 5.32. The minimum absolute atomic E-state index is 0.132. The van der Waals surface area contributed by atoms with E-state index in [1.807, 2.05) is 12.1 Å².